The topological polar surface area (TPSA) is 51.4 Å². The van der Waals surface area contributed by atoms with Crippen LogP contribution in [0, 0.1) is 0 Å². The molecule has 0 bridgehead atoms. The highest BCUT2D eigenvalue weighted by Gasteiger charge is 2.07. The van der Waals surface area contributed by atoms with Gasteiger partial charge in [0.1, 0.15) is 0 Å². The van der Waals surface area contributed by atoms with Gasteiger partial charge < -0.3 is 15.4 Å². The Morgan fingerprint density at radius 3 is 2.87 bits per heavy atom. The van der Waals surface area contributed by atoms with E-state index in [0.29, 0.717) is 6.61 Å². The first kappa shape index (κ1) is 11.8. The maximum Gasteiger partial charge on any atom is 0.151 e. The van der Waals surface area contributed by atoms with Gasteiger partial charge in [0, 0.05) is 25.9 Å². The van der Waals surface area contributed by atoms with E-state index in [2.05, 4.69) is 16.8 Å². The zero-order valence-electron chi connectivity index (χ0n) is 9.44. The molecule has 1 aromatic heterocycles. The van der Waals surface area contributed by atoms with Crippen molar-refractivity contribution in [3.05, 3.63) is 18.3 Å². The predicted octanol–water partition coefficient (Wildman–Crippen LogP) is 1.53. The molecule has 0 saturated carbocycles. The summed E-state index contributed by atoms with van der Waals surface area (Å²) < 4.78 is 5.32. The van der Waals surface area contributed by atoms with Crippen LogP contribution in [0.15, 0.2) is 18.3 Å². The molecule has 0 spiro atoms. The molecular formula is C11H19N3O. The maximum absolute atomic E-state index is 5.86. The first-order chi connectivity index (χ1) is 7.29. The highest BCUT2D eigenvalue weighted by Crippen LogP contribution is 2.18. The second-order valence-electron chi connectivity index (χ2n) is 3.19. The van der Waals surface area contributed by atoms with Crippen molar-refractivity contribution in [2.24, 2.45) is 0 Å². The summed E-state index contributed by atoms with van der Waals surface area (Å²) in [6.07, 6.45) is 1.76. The number of hydrogen-bond donors (Lipinski definition) is 1. The Morgan fingerprint density at radius 2 is 2.27 bits per heavy atom. The Hall–Kier alpha value is -1.29. The molecule has 2 N–H and O–H groups in total. The van der Waals surface area contributed by atoms with Gasteiger partial charge in [0.25, 0.3) is 0 Å². The van der Waals surface area contributed by atoms with E-state index in [1.54, 1.807) is 6.20 Å². The highest BCUT2D eigenvalue weighted by atomic mass is 16.5. The molecule has 1 aromatic rings. The summed E-state index contributed by atoms with van der Waals surface area (Å²) in [6, 6.07) is 3.71. The lowest BCUT2D eigenvalue weighted by Crippen LogP contribution is -2.28. The molecule has 0 fully saturated rings. The third kappa shape index (κ3) is 3.40. The van der Waals surface area contributed by atoms with Crippen LogP contribution in [0.3, 0.4) is 0 Å². The van der Waals surface area contributed by atoms with E-state index in [0.717, 1.165) is 31.2 Å². The lowest BCUT2D eigenvalue weighted by molar-refractivity contribution is 0.154. The number of likely N-dealkylation sites (N-methyl/N-ethyl adjacent to an activating group) is 1. The molecule has 4 heteroatoms. The van der Waals surface area contributed by atoms with Crippen molar-refractivity contribution < 1.29 is 4.74 Å². The molecule has 0 atom stereocenters. The van der Waals surface area contributed by atoms with Gasteiger partial charge in [-0.1, -0.05) is 0 Å². The second kappa shape index (κ2) is 6.24. The van der Waals surface area contributed by atoms with Gasteiger partial charge >= 0.3 is 0 Å². The minimum absolute atomic E-state index is 0.709. The van der Waals surface area contributed by atoms with Crippen LogP contribution in [0.1, 0.15) is 13.8 Å². The number of ether oxygens (including phenoxy) is 1. The van der Waals surface area contributed by atoms with E-state index in [1.165, 1.54) is 0 Å². The third-order valence-corrected chi connectivity index (χ3v) is 2.21. The van der Waals surface area contributed by atoms with Gasteiger partial charge in [-0.15, -0.1) is 0 Å². The number of rotatable bonds is 6. The molecule has 0 saturated heterocycles. The first-order valence-electron chi connectivity index (χ1n) is 5.32. The van der Waals surface area contributed by atoms with E-state index in [1.807, 2.05) is 19.1 Å². The zero-order valence-corrected chi connectivity index (χ0v) is 9.44. The summed E-state index contributed by atoms with van der Waals surface area (Å²) in [4.78, 5) is 6.39. The van der Waals surface area contributed by atoms with Crippen LogP contribution in [0.25, 0.3) is 0 Å². The van der Waals surface area contributed by atoms with E-state index in [9.17, 15) is 0 Å². The molecule has 0 aliphatic carbocycles. The summed E-state index contributed by atoms with van der Waals surface area (Å²) in [5.41, 5.74) is 6.57. The van der Waals surface area contributed by atoms with Crippen molar-refractivity contribution in [3.63, 3.8) is 0 Å². The summed E-state index contributed by atoms with van der Waals surface area (Å²) in [7, 11) is 0. The lowest BCUT2D eigenvalue weighted by Gasteiger charge is -2.22. The molecule has 1 rings (SSSR count). The zero-order chi connectivity index (χ0) is 11.1. The molecule has 4 nitrogen and oxygen atoms in total. The smallest absolute Gasteiger partial charge is 0.151 e. The fourth-order valence-corrected chi connectivity index (χ4v) is 1.41. The molecule has 0 unspecified atom stereocenters. The standard InChI is InChI=1S/C11H19N3O/c1-3-14(8-9-15-4-2)11-10(12)6-5-7-13-11/h5-7H,3-4,8-9,12H2,1-2H3. The van der Waals surface area contributed by atoms with Crippen molar-refractivity contribution in [2.75, 3.05) is 36.9 Å². The average molecular weight is 209 g/mol. The summed E-state index contributed by atoms with van der Waals surface area (Å²) in [5, 5.41) is 0. The predicted molar refractivity (Wildman–Crippen MR) is 63.0 cm³/mol. The number of nitrogens with zero attached hydrogens (tertiary/aromatic N) is 2. The first-order valence-corrected chi connectivity index (χ1v) is 5.32. The van der Waals surface area contributed by atoms with E-state index in [4.69, 9.17) is 10.5 Å². The number of nitrogen functional groups attached to an aromatic ring is 1. The fourth-order valence-electron chi connectivity index (χ4n) is 1.41. The number of aromatic nitrogens is 1. The van der Waals surface area contributed by atoms with Crippen molar-refractivity contribution in [1.29, 1.82) is 0 Å². The third-order valence-electron chi connectivity index (χ3n) is 2.21. The van der Waals surface area contributed by atoms with Gasteiger partial charge in [-0.25, -0.2) is 4.98 Å². The quantitative estimate of drug-likeness (QED) is 0.722. The molecular weight excluding hydrogens is 190 g/mol. The number of nitrogens with two attached hydrogens (primary N) is 1. The number of hydrogen-bond acceptors (Lipinski definition) is 4. The van der Waals surface area contributed by atoms with Crippen LogP contribution in [-0.2, 0) is 4.74 Å². The highest BCUT2D eigenvalue weighted by molar-refractivity contribution is 5.61. The normalized spacial score (nSPS) is 10.3. The summed E-state index contributed by atoms with van der Waals surface area (Å²) >= 11 is 0. The average Bonchev–Trinajstić information content (AvgIpc) is 2.26. The van der Waals surface area contributed by atoms with E-state index in [-0.39, 0.29) is 0 Å². The van der Waals surface area contributed by atoms with Crippen molar-refractivity contribution in [2.45, 2.75) is 13.8 Å². The fraction of sp³-hybridized carbons (Fsp3) is 0.545. The lowest BCUT2D eigenvalue weighted by atomic mass is 10.3. The largest absolute Gasteiger partial charge is 0.396 e. The molecule has 15 heavy (non-hydrogen) atoms. The van der Waals surface area contributed by atoms with Gasteiger partial charge in [-0.05, 0) is 26.0 Å². The van der Waals surface area contributed by atoms with Crippen LogP contribution in [-0.4, -0.2) is 31.3 Å². The monoisotopic (exact) mass is 209 g/mol. The van der Waals surface area contributed by atoms with E-state index < -0.39 is 0 Å². The van der Waals surface area contributed by atoms with Gasteiger partial charge in [0.05, 0.1) is 12.3 Å². The van der Waals surface area contributed by atoms with Crippen molar-refractivity contribution >= 4 is 11.5 Å². The maximum atomic E-state index is 5.86. The van der Waals surface area contributed by atoms with Crippen molar-refractivity contribution in [3.8, 4) is 0 Å². The number of anilines is 2. The summed E-state index contributed by atoms with van der Waals surface area (Å²) in [6.45, 7) is 7.24. The molecule has 0 aromatic carbocycles. The Morgan fingerprint density at radius 1 is 1.47 bits per heavy atom. The van der Waals surface area contributed by atoms with Gasteiger partial charge in [0.15, 0.2) is 5.82 Å². The molecule has 0 amide bonds. The Labute approximate surface area is 91.1 Å². The molecule has 0 radical (unpaired) electrons. The van der Waals surface area contributed by atoms with Crippen LogP contribution < -0.4 is 10.6 Å². The van der Waals surface area contributed by atoms with Crippen LogP contribution in [0.4, 0.5) is 11.5 Å². The second-order valence-corrected chi connectivity index (χ2v) is 3.19. The SMILES string of the molecule is CCOCCN(CC)c1ncccc1N. The Kier molecular flexibility index (Phi) is 4.90. The van der Waals surface area contributed by atoms with Gasteiger partial charge in [-0.3, -0.25) is 0 Å². The molecule has 0 aliphatic rings. The van der Waals surface area contributed by atoms with Crippen LogP contribution >= 0.6 is 0 Å². The molecule has 1 heterocycles. The van der Waals surface area contributed by atoms with Gasteiger partial charge in [-0.2, -0.15) is 0 Å². The minimum atomic E-state index is 0.709. The minimum Gasteiger partial charge on any atom is -0.396 e. The molecule has 84 valence electrons. The summed E-state index contributed by atoms with van der Waals surface area (Å²) in [5.74, 6) is 0.847. The Bertz CT molecular complexity index is 291. The number of pyridine rings is 1. The van der Waals surface area contributed by atoms with Crippen LogP contribution in [0.5, 0.6) is 0 Å². The van der Waals surface area contributed by atoms with Crippen LogP contribution in [0.2, 0.25) is 0 Å². The molecule has 0 aliphatic heterocycles. The van der Waals surface area contributed by atoms with Gasteiger partial charge in [0.2, 0.25) is 0 Å². The van der Waals surface area contributed by atoms with E-state index >= 15 is 0 Å². The Balaban J connectivity index is 2.61. The van der Waals surface area contributed by atoms with Crippen molar-refractivity contribution in [1.82, 2.24) is 4.98 Å².